The molecule has 2 rings (SSSR count). The van der Waals surface area contributed by atoms with Gasteiger partial charge in [0, 0.05) is 18.0 Å². The molecule has 96 valence electrons. The van der Waals surface area contributed by atoms with E-state index in [0.29, 0.717) is 18.6 Å². The van der Waals surface area contributed by atoms with E-state index in [-0.39, 0.29) is 5.97 Å². The normalized spacial score (nSPS) is 30.2. The van der Waals surface area contributed by atoms with Gasteiger partial charge in [-0.15, -0.1) is 0 Å². The van der Waals surface area contributed by atoms with Gasteiger partial charge in [0.25, 0.3) is 0 Å². The third kappa shape index (κ3) is 3.32. The molecule has 2 atom stereocenters. The SMILES string of the molecule is C/C=C/C(=O)OCC1CCCN2CCCCC12. The van der Waals surface area contributed by atoms with Crippen molar-refractivity contribution in [2.75, 3.05) is 19.7 Å². The predicted molar refractivity (Wildman–Crippen MR) is 67.7 cm³/mol. The molecule has 0 aromatic carbocycles. The number of esters is 1. The number of fused-ring (bicyclic) bond motifs is 1. The van der Waals surface area contributed by atoms with Crippen LogP contribution in [0.1, 0.15) is 39.0 Å². The van der Waals surface area contributed by atoms with Gasteiger partial charge in [0.05, 0.1) is 6.61 Å². The van der Waals surface area contributed by atoms with Crippen molar-refractivity contribution in [3.63, 3.8) is 0 Å². The summed E-state index contributed by atoms with van der Waals surface area (Å²) in [6.45, 7) is 4.92. The van der Waals surface area contributed by atoms with E-state index in [1.54, 1.807) is 6.08 Å². The van der Waals surface area contributed by atoms with Crippen molar-refractivity contribution in [1.82, 2.24) is 4.90 Å². The maximum Gasteiger partial charge on any atom is 0.330 e. The molecule has 0 amide bonds. The Morgan fingerprint density at radius 1 is 1.29 bits per heavy atom. The molecule has 2 aliphatic heterocycles. The van der Waals surface area contributed by atoms with Gasteiger partial charge >= 0.3 is 5.97 Å². The molecule has 3 heteroatoms. The lowest BCUT2D eigenvalue weighted by atomic mass is 9.84. The molecular weight excluding hydrogens is 214 g/mol. The summed E-state index contributed by atoms with van der Waals surface area (Å²) in [6.07, 6.45) is 9.65. The summed E-state index contributed by atoms with van der Waals surface area (Å²) >= 11 is 0. The van der Waals surface area contributed by atoms with Crippen LogP contribution in [-0.2, 0) is 9.53 Å². The van der Waals surface area contributed by atoms with Crippen LogP contribution < -0.4 is 0 Å². The third-order valence-electron chi connectivity index (χ3n) is 3.97. The van der Waals surface area contributed by atoms with Gasteiger partial charge in [-0.25, -0.2) is 4.79 Å². The number of carbonyl (C=O) groups excluding carboxylic acids is 1. The summed E-state index contributed by atoms with van der Waals surface area (Å²) in [5, 5.41) is 0. The number of rotatable bonds is 3. The van der Waals surface area contributed by atoms with Gasteiger partial charge < -0.3 is 4.74 Å². The molecule has 0 aliphatic carbocycles. The molecule has 2 unspecified atom stereocenters. The average Bonchev–Trinajstić information content (AvgIpc) is 2.36. The standard InChI is InChI=1S/C14H23NO2/c1-2-6-14(16)17-11-12-7-5-10-15-9-4-3-8-13(12)15/h2,6,12-13H,3-5,7-11H2,1H3/b6-2+. The zero-order chi connectivity index (χ0) is 12.1. The molecule has 0 bridgehead atoms. The summed E-state index contributed by atoms with van der Waals surface area (Å²) in [5.41, 5.74) is 0. The first-order chi connectivity index (χ1) is 8.31. The molecule has 0 saturated carbocycles. The van der Waals surface area contributed by atoms with Crippen LogP contribution in [0.15, 0.2) is 12.2 Å². The topological polar surface area (TPSA) is 29.5 Å². The minimum absolute atomic E-state index is 0.194. The van der Waals surface area contributed by atoms with Crippen LogP contribution in [0.2, 0.25) is 0 Å². The minimum Gasteiger partial charge on any atom is -0.462 e. The van der Waals surface area contributed by atoms with Gasteiger partial charge in [0.2, 0.25) is 0 Å². The number of ether oxygens (including phenoxy) is 1. The molecular formula is C14H23NO2. The Labute approximate surface area is 104 Å². The van der Waals surface area contributed by atoms with E-state index in [1.165, 1.54) is 51.3 Å². The largest absolute Gasteiger partial charge is 0.462 e. The molecule has 0 spiro atoms. The van der Waals surface area contributed by atoms with E-state index < -0.39 is 0 Å². The molecule has 3 nitrogen and oxygen atoms in total. The van der Waals surface area contributed by atoms with Gasteiger partial charge in [0.15, 0.2) is 0 Å². The zero-order valence-electron chi connectivity index (χ0n) is 10.7. The van der Waals surface area contributed by atoms with Crippen LogP contribution in [0, 0.1) is 5.92 Å². The Morgan fingerprint density at radius 2 is 2.12 bits per heavy atom. The Morgan fingerprint density at radius 3 is 2.94 bits per heavy atom. The zero-order valence-corrected chi connectivity index (χ0v) is 10.7. The van der Waals surface area contributed by atoms with Crippen molar-refractivity contribution in [3.8, 4) is 0 Å². The second-order valence-corrected chi connectivity index (χ2v) is 5.13. The van der Waals surface area contributed by atoms with E-state index in [0.717, 1.165) is 0 Å². The molecule has 2 aliphatic rings. The Kier molecular flexibility index (Phi) is 4.60. The van der Waals surface area contributed by atoms with Gasteiger partial charge in [0.1, 0.15) is 0 Å². The lowest BCUT2D eigenvalue weighted by Gasteiger charge is -2.44. The van der Waals surface area contributed by atoms with Gasteiger partial charge in [-0.2, -0.15) is 0 Å². The number of carbonyl (C=O) groups is 1. The van der Waals surface area contributed by atoms with Crippen LogP contribution in [0.3, 0.4) is 0 Å². The van der Waals surface area contributed by atoms with E-state index in [9.17, 15) is 4.79 Å². The number of nitrogens with zero attached hydrogens (tertiary/aromatic N) is 1. The summed E-state index contributed by atoms with van der Waals surface area (Å²) in [7, 11) is 0. The molecule has 0 aromatic rings. The van der Waals surface area contributed by atoms with E-state index in [2.05, 4.69) is 4.90 Å². The molecule has 0 aromatic heterocycles. The molecule has 0 N–H and O–H groups in total. The second-order valence-electron chi connectivity index (χ2n) is 5.13. The van der Waals surface area contributed by atoms with Crippen LogP contribution in [0.25, 0.3) is 0 Å². The summed E-state index contributed by atoms with van der Waals surface area (Å²) in [4.78, 5) is 13.9. The highest BCUT2D eigenvalue weighted by Crippen LogP contribution is 2.30. The van der Waals surface area contributed by atoms with Crippen molar-refractivity contribution >= 4 is 5.97 Å². The van der Waals surface area contributed by atoms with Crippen LogP contribution >= 0.6 is 0 Å². The quantitative estimate of drug-likeness (QED) is 0.557. The molecule has 2 heterocycles. The molecule has 2 saturated heterocycles. The highest BCUT2D eigenvalue weighted by atomic mass is 16.5. The lowest BCUT2D eigenvalue weighted by molar-refractivity contribution is -0.140. The van der Waals surface area contributed by atoms with Crippen LogP contribution in [0.5, 0.6) is 0 Å². The highest BCUT2D eigenvalue weighted by molar-refractivity contribution is 5.81. The summed E-state index contributed by atoms with van der Waals surface area (Å²) < 4.78 is 5.32. The number of hydrogen-bond donors (Lipinski definition) is 0. The number of piperidine rings is 2. The summed E-state index contributed by atoms with van der Waals surface area (Å²) in [6, 6.07) is 0.663. The van der Waals surface area contributed by atoms with Crippen molar-refractivity contribution in [2.24, 2.45) is 5.92 Å². The predicted octanol–water partition coefficient (Wildman–Crippen LogP) is 2.37. The first kappa shape index (κ1) is 12.6. The van der Waals surface area contributed by atoms with Gasteiger partial charge in [-0.05, 0) is 45.7 Å². The highest BCUT2D eigenvalue weighted by Gasteiger charge is 2.33. The van der Waals surface area contributed by atoms with Crippen molar-refractivity contribution in [1.29, 1.82) is 0 Å². The fourth-order valence-corrected chi connectivity index (χ4v) is 3.14. The first-order valence-electron chi connectivity index (χ1n) is 6.85. The monoisotopic (exact) mass is 237 g/mol. The van der Waals surface area contributed by atoms with Gasteiger partial charge in [-0.1, -0.05) is 12.5 Å². The van der Waals surface area contributed by atoms with Crippen LogP contribution in [0.4, 0.5) is 0 Å². The van der Waals surface area contributed by atoms with E-state index >= 15 is 0 Å². The van der Waals surface area contributed by atoms with Crippen LogP contribution in [-0.4, -0.2) is 36.6 Å². The Bertz CT molecular complexity index is 286. The average molecular weight is 237 g/mol. The number of hydrogen-bond acceptors (Lipinski definition) is 3. The Balaban J connectivity index is 1.84. The maximum atomic E-state index is 11.3. The lowest BCUT2D eigenvalue weighted by Crippen LogP contribution is -2.49. The van der Waals surface area contributed by atoms with Crippen molar-refractivity contribution in [2.45, 2.75) is 45.1 Å². The smallest absolute Gasteiger partial charge is 0.330 e. The second kappa shape index (κ2) is 6.20. The maximum absolute atomic E-state index is 11.3. The van der Waals surface area contributed by atoms with E-state index in [1.807, 2.05) is 6.92 Å². The fourth-order valence-electron chi connectivity index (χ4n) is 3.14. The third-order valence-corrected chi connectivity index (χ3v) is 3.97. The van der Waals surface area contributed by atoms with Crippen molar-refractivity contribution < 1.29 is 9.53 Å². The minimum atomic E-state index is -0.194. The first-order valence-corrected chi connectivity index (χ1v) is 6.85. The fraction of sp³-hybridized carbons (Fsp3) is 0.786. The molecule has 17 heavy (non-hydrogen) atoms. The Hall–Kier alpha value is -0.830. The summed E-state index contributed by atoms with van der Waals surface area (Å²) in [5.74, 6) is 0.360. The van der Waals surface area contributed by atoms with Crippen molar-refractivity contribution in [3.05, 3.63) is 12.2 Å². The van der Waals surface area contributed by atoms with Gasteiger partial charge in [-0.3, -0.25) is 4.90 Å². The molecule has 2 fully saturated rings. The molecule has 0 radical (unpaired) electrons. The van der Waals surface area contributed by atoms with E-state index in [4.69, 9.17) is 4.74 Å². The number of allylic oxidation sites excluding steroid dienone is 1.